The SMILES string of the molecule is COC(=O)Nc1ccc2c(-c3nc(O[C@@H]4CCCNC4)ncc3C(F)(F)F)c[nH]c2c1Br. The van der Waals surface area contributed by atoms with Crippen molar-refractivity contribution in [1.29, 1.82) is 0 Å². The summed E-state index contributed by atoms with van der Waals surface area (Å²) in [4.78, 5) is 22.4. The largest absolute Gasteiger partial charge is 0.459 e. The summed E-state index contributed by atoms with van der Waals surface area (Å²) in [5.41, 5.74) is -0.157. The maximum Gasteiger partial charge on any atom is 0.420 e. The third-order valence-electron chi connectivity index (χ3n) is 5.07. The van der Waals surface area contributed by atoms with E-state index in [1.54, 1.807) is 12.1 Å². The van der Waals surface area contributed by atoms with Crippen LogP contribution in [0, 0.1) is 0 Å². The van der Waals surface area contributed by atoms with E-state index < -0.39 is 17.8 Å². The Morgan fingerprint density at radius 3 is 2.84 bits per heavy atom. The van der Waals surface area contributed by atoms with E-state index in [0.717, 1.165) is 25.6 Å². The van der Waals surface area contributed by atoms with E-state index in [0.29, 0.717) is 27.6 Å². The Bertz CT molecular complexity index is 1150. The van der Waals surface area contributed by atoms with Crippen LogP contribution < -0.4 is 15.4 Å². The summed E-state index contributed by atoms with van der Waals surface area (Å²) >= 11 is 3.38. The number of H-pyrrole nitrogens is 1. The molecule has 1 aliphatic heterocycles. The Hall–Kier alpha value is -2.86. The Kier molecular flexibility index (Phi) is 6.24. The molecule has 3 N–H and O–H groups in total. The second kappa shape index (κ2) is 8.94. The van der Waals surface area contributed by atoms with Crippen molar-refractivity contribution in [2.75, 3.05) is 25.5 Å². The fraction of sp³-hybridized carbons (Fsp3) is 0.350. The Morgan fingerprint density at radius 2 is 2.16 bits per heavy atom. The molecular formula is C20H19BrF3N5O3. The molecule has 8 nitrogen and oxygen atoms in total. The number of carbonyl (C=O) groups excluding carboxylic acids is 1. The van der Waals surface area contributed by atoms with Crippen molar-refractivity contribution in [2.24, 2.45) is 0 Å². The predicted octanol–water partition coefficient (Wildman–Crippen LogP) is 4.72. The number of nitrogens with zero attached hydrogens (tertiary/aromatic N) is 2. The average Bonchev–Trinajstić information content (AvgIpc) is 3.20. The fourth-order valence-electron chi connectivity index (χ4n) is 3.52. The molecule has 1 atom stereocenters. The first-order valence-electron chi connectivity index (χ1n) is 9.74. The third kappa shape index (κ3) is 4.51. The Morgan fingerprint density at radius 1 is 1.34 bits per heavy atom. The molecule has 4 rings (SSSR count). The van der Waals surface area contributed by atoms with E-state index in [4.69, 9.17) is 4.74 Å². The van der Waals surface area contributed by atoms with Gasteiger partial charge in [0.15, 0.2) is 0 Å². The summed E-state index contributed by atoms with van der Waals surface area (Å²) in [7, 11) is 1.23. The van der Waals surface area contributed by atoms with Crippen LogP contribution in [0.3, 0.4) is 0 Å². The molecule has 1 saturated heterocycles. The average molecular weight is 514 g/mol. The van der Waals surface area contributed by atoms with Crippen LogP contribution in [0.2, 0.25) is 0 Å². The van der Waals surface area contributed by atoms with Gasteiger partial charge in [0.1, 0.15) is 11.7 Å². The minimum Gasteiger partial charge on any atom is -0.459 e. The van der Waals surface area contributed by atoms with Gasteiger partial charge in [-0.2, -0.15) is 18.2 Å². The maximum absolute atomic E-state index is 13.7. The van der Waals surface area contributed by atoms with Gasteiger partial charge in [-0.3, -0.25) is 5.32 Å². The molecule has 0 spiro atoms. The molecule has 0 aliphatic carbocycles. The number of methoxy groups -OCH3 is 1. The number of alkyl halides is 3. The van der Waals surface area contributed by atoms with Crippen LogP contribution >= 0.6 is 15.9 Å². The van der Waals surface area contributed by atoms with Gasteiger partial charge in [0.05, 0.1) is 28.5 Å². The van der Waals surface area contributed by atoms with E-state index in [1.807, 2.05) is 0 Å². The molecule has 3 aromatic rings. The number of ether oxygens (including phenoxy) is 2. The minimum absolute atomic E-state index is 0.112. The standard InChI is InChI=1S/C20H19BrF3N5O3/c1-31-19(30)28-14-5-4-11-12(8-26-17(11)15(14)21)16-13(20(22,23)24)9-27-18(29-16)32-10-3-2-6-25-7-10/h4-5,8-10,25-26H,2-3,6-7H2,1H3,(H,28,30)/t10-/m1/s1. The Labute approximate surface area is 189 Å². The third-order valence-corrected chi connectivity index (χ3v) is 5.89. The number of amides is 1. The van der Waals surface area contributed by atoms with Crippen LogP contribution in [0.15, 0.2) is 29.0 Å². The monoisotopic (exact) mass is 513 g/mol. The van der Waals surface area contributed by atoms with Crippen LogP contribution in [-0.2, 0) is 10.9 Å². The number of rotatable bonds is 4. The number of halogens is 4. The highest BCUT2D eigenvalue weighted by Gasteiger charge is 2.36. The molecule has 1 aromatic carbocycles. The number of fused-ring (bicyclic) bond motifs is 1. The summed E-state index contributed by atoms with van der Waals surface area (Å²) in [5, 5.41) is 6.18. The molecule has 32 heavy (non-hydrogen) atoms. The first-order chi connectivity index (χ1) is 15.3. The van der Waals surface area contributed by atoms with Gasteiger partial charge >= 0.3 is 18.3 Å². The fourth-order valence-corrected chi connectivity index (χ4v) is 4.08. The molecular weight excluding hydrogens is 495 g/mol. The number of benzene rings is 1. The highest BCUT2D eigenvalue weighted by atomic mass is 79.9. The molecule has 12 heteroatoms. The number of carbonyl (C=O) groups is 1. The van der Waals surface area contributed by atoms with Crippen molar-refractivity contribution in [3.63, 3.8) is 0 Å². The smallest absolute Gasteiger partial charge is 0.420 e. The van der Waals surface area contributed by atoms with Gasteiger partial charge in [0.2, 0.25) is 0 Å². The number of aromatic amines is 1. The normalized spacial score (nSPS) is 16.7. The summed E-state index contributed by atoms with van der Waals surface area (Å²) in [6.45, 7) is 1.45. The molecule has 1 fully saturated rings. The molecule has 2 aromatic heterocycles. The van der Waals surface area contributed by atoms with Crippen LogP contribution in [0.25, 0.3) is 22.2 Å². The summed E-state index contributed by atoms with van der Waals surface area (Å²) in [5.74, 6) is 0. The van der Waals surface area contributed by atoms with Gasteiger partial charge in [0, 0.05) is 29.9 Å². The lowest BCUT2D eigenvalue weighted by molar-refractivity contribution is -0.137. The van der Waals surface area contributed by atoms with Crippen molar-refractivity contribution >= 4 is 38.6 Å². The lowest BCUT2D eigenvalue weighted by Gasteiger charge is -2.23. The lowest BCUT2D eigenvalue weighted by atomic mass is 10.1. The summed E-state index contributed by atoms with van der Waals surface area (Å²) in [6.07, 6.45) is -1.70. The molecule has 0 bridgehead atoms. The number of aromatic nitrogens is 3. The summed E-state index contributed by atoms with van der Waals surface area (Å²) in [6, 6.07) is 3.03. The van der Waals surface area contributed by atoms with Crippen LogP contribution in [0.1, 0.15) is 18.4 Å². The first-order valence-corrected chi connectivity index (χ1v) is 10.5. The van der Waals surface area contributed by atoms with Crippen LogP contribution in [0.5, 0.6) is 6.01 Å². The van der Waals surface area contributed by atoms with E-state index >= 15 is 0 Å². The molecule has 0 radical (unpaired) electrons. The number of hydrogen-bond acceptors (Lipinski definition) is 6. The van der Waals surface area contributed by atoms with E-state index in [-0.39, 0.29) is 23.4 Å². The second-order valence-corrected chi connectivity index (χ2v) is 7.96. The van der Waals surface area contributed by atoms with Gasteiger partial charge in [-0.25, -0.2) is 9.78 Å². The van der Waals surface area contributed by atoms with E-state index in [1.165, 1.54) is 13.3 Å². The molecule has 0 unspecified atom stereocenters. The quantitative estimate of drug-likeness (QED) is 0.466. The van der Waals surface area contributed by atoms with Crippen molar-refractivity contribution in [1.82, 2.24) is 20.3 Å². The zero-order valence-electron chi connectivity index (χ0n) is 16.8. The molecule has 3 heterocycles. The zero-order valence-corrected chi connectivity index (χ0v) is 18.4. The number of hydrogen-bond donors (Lipinski definition) is 3. The highest BCUT2D eigenvalue weighted by Crippen LogP contribution is 2.41. The second-order valence-electron chi connectivity index (χ2n) is 7.17. The molecule has 170 valence electrons. The zero-order chi connectivity index (χ0) is 22.9. The highest BCUT2D eigenvalue weighted by molar-refractivity contribution is 9.10. The predicted molar refractivity (Wildman–Crippen MR) is 115 cm³/mol. The lowest BCUT2D eigenvalue weighted by Crippen LogP contribution is -2.37. The van der Waals surface area contributed by atoms with Gasteiger partial charge in [-0.15, -0.1) is 0 Å². The van der Waals surface area contributed by atoms with E-state index in [9.17, 15) is 18.0 Å². The van der Waals surface area contributed by atoms with Crippen LogP contribution in [0.4, 0.5) is 23.7 Å². The van der Waals surface area contributed by atoms with Gasteiger partial charge in [-0.1, -0.05) is 6.07 Å². The van der Waals surface area contributed by atoms with Crippen molar-refractivity contribution in [3.8, 4) is 17.3 Å². The molecule has 1 amide bonds. The minimum atomic E-state index is -4.66. The number of anilines is 1. The first kappa shape index (κ1) is 22.3. The van der Waals surface area contributed by atoms with Crippen molar-refractivity contribution in [2.45, 2.75) is 25.1 Å². The maximum atomic E-state index is 13.7. The van der Waals surface area contributed by atoms with Crippen LogP contribution in [-0.4, -0.2) is 47.3 Å². The number of piperidine rings is 1. The molecule has 0 saturated carbocycles. The Balaban J connectivity index is 1.77. The summed E-state index contributed by atoms with van der Waals surface area (Å²) < 4.78 is 52.0. The van der Waals surface area contributed by atoms with Gasteiger partial charge < -0.3 is 19.8 Å². The number of nitrogens with one attached hydrogen (secondary N) is 3. The van der Waals surface area contributed by atoms with Gasteiger partial charge in [-0.05, 0) is 41.4 Å². The topological polar surface area (TPSA) is 101 Å². The van der Waals surface area contributed by atoms with Crippen molar-refractivity contribution < 1.29 is 27.4 Å². The molecule has 1 aliphatic rings. The van der Waals surface area contributed by atoms with Crippen molar-refractivity contribution in [3.05, 3.63) is 34.6 Å². The van der Waals surface area contributed by atoms with Gasteiger partial charge in [0.25, 0.3) is 0 Å². The van der Waals surface area contributed by atoms with E-state index in [2.05, 4.69) is 46.3 Å².